The predicted octanol–water partition coefficient (Wildman–Crippen LogP) is 3.69. The fourth-order valence-corrected chi connectivity index (χ4v) is 3.49. The van der Waals surface area contributed by atoms with Gasteiger partial charge in [0, 0.05) is 35.6 Å². The third kappa shape index (κ3) is 4.54. The van der Waals surface area contributed by atoms with Crippen molar-refractivity contribution in [2.45, 2.75) is 27.7 Å². The molecule has 1 aliphatic heterocycles. The molecule has 0 spiro atoms. The minimum atomic E-state index is -0.530. The lowest BCUT2D eigenvalue weighted by atomic mass is 10.0. The highest BCUT2D eigenvalue weighted by Crippen LogP contribution is 2.35. The molecule has 2 aromatic rings. The van der Waals surface area contributed by atoms with Crippen LogP contribution in [0.5, 0.6) is 5.75 Å². The van der Waals surface area contributed by atoms with Gasteiger partial charge in [0.15, 0.2) is 5.75 Å². The second kappa shape index (κ2) is 9.13. The third-order valence-corrected chi connectivity index (χ3v) is 5.25. The van der Waals surface area contributed by atoms with Crippen LogP contribution in [0.1, 0.15) is 36.4 Å². The molecule has 0 bridgehead atoms. The highest BCUT2D eigenvalue weighted by molar-refractivity contribution is 6.34. The van der Waals surface area contributed by atoms with E-state index in [4.69, 9.17) is 4.74 Å². The first-order chi connectivity index (χ1) is 14.3. The molecule has 3 rings (SSSR count). The maximum Gasteiger partial charge on any atom is 0.412 e. The zero-order valence-electron chi connectivity index (χ0n) is 17.7. The van der Waals surface area contributed by atoms with Gasteiger partial charge < -0.3 is 25.3 Å². The average molecular weight is 414 g/mol. The summed E-state index contributed by atoms with van der Waals surface area (Å²) in [6.45, 7) is 10.8. The molecule has 0 fully saturated rings. The monoisotopic (exact) mass is 414 g/mol. The topological polar surface area (TPSA) is 86.5 Å². The van der Waals surface area contributed by atoms with Gasteiger partial charge in [-0.1, -0.05) is 13.8 Å². The number of fused-ring (bicyclic) bond motifs is 1. The summed E-state index contributed by atoms with van der Waals surface area (Å²) in [4.78, 5) is 29.9. The maximum atomic E-state index is 13.6. The Balaban J connectivity index is 1.75. The molecule has 0 radical (unpaired) electrons. The zero-order chi connectivity index (χ0) is 21.8. The summed E-state index contributed by atoms with van der Waals surface area (Å²) in [6, 6.07) is 4.16. The molecule has 0 saturated heterocycles. The van der Waals surface area contributed by atoms with Crippen molar-refractivity contribution in [1.82, 2.24) is 15.2 Å². The van der Waals surface area contributed by atoms with Crippen LogP contribution in [0.25, 0.3) is 11.6 Å². The molecule has 8 heteroatoms. The van der Waals surface area contributed by atoms with Crippen LogP contribution in [0, 0.1) is 19.7 Å². The number of nitrogens with one attached hydrogen (secondary N) is 3. The number of hydrogen-bond donors (Lipinski definition) is 3. The van der Waals surface area contributed by atoms with E-state index in [1.807, 2.05) is 0 Å². The second-order valence-corrected chi connectivity index (χ2v) is 7.16. The number of carbonyl (C=O) groups is 2. The van der Waals surface area contributed by atoms with Crippen LogP contribution in [-0.2, 0) is 4.79 Å². The maximum absolute atomic E-state index is 13.6. The van der Waals surface area contributed by atoms with E-state index in [0.717, 1.165) is 19.6 Å². The first-order valence-corrected chi connectivity index (χ1v) is 10.0. The molecule has 0 saturated carbocycles. The number of halogens is 1. The van der Waals surface area contributed by atoms with E-state index in [9.17, 15) is 14.0 Å². The smallest absolute Gasteiger partial charge is 0.408 e. The molecule has 2 amide bonds. The molecule has 30 heavy (non-hydrogen) atoms. The van der Waals surface area contributed by atoms with Crippen LogP contribution in [0.15, 0.2) is 18.2 Å². The number of ether oxygens (including phenoxy) is 1. The van der Waals surface area contributed by atoms with Crippen LogP contribution in [0.2, 0.25) is 0 Å². The molecule has 160 valence electrons. The minimum Gasteiger partial charge on any atom is -0.408 e. The number of nitrogens with zero attached hydrogens (tertiary/aromatic N) is 1. The second-order valence-electron chi connectivity index (χ2n) is 7.16. The summed E-state index contributed by atoms with van der Waals surface area (Å²) in [5.41, 5.74) is 3.40. The normalized spacial score (nSPS) is 14.2. The summed E-state index contributed by atoms with van der Waals surface area (Å²) in [5.74, 6) is -0.306. The standard InChI is InChI=1S/C22H27FN4O3/c1-5-27(6-2)10-9-24-22(29)30-20-13(3)19(25-14(20)4)12-17-16-11-15(23)7-8-18(16)26-21(17)28/h7-8,11-12,25H,5-6,9-10H2,1-4H3,(H,24,29)(H,26,28). The number of aromatic amines is 1. The fraction of sp³-hybridized carbons (Fsp3) is 0.364. The SMILES string of the molecule is CCN(CC)CCNC(=O)Oc1c(C)[nH]c(C=C2C(=O)Nc3ccc(F)cc32)c1C. The summed E-state index contributed by atoms with van der Waals surface area (Å²) in [6.07, 6.45) is 1.12. The average Bonchev–Trinajstić information content (AvgIpc) is 3.16. The van der Waals surface area contributed by atoms with E-state index in [2.05, 4.69) is 34.4 Å². The number of rotatable bonds is 7. The van der Waals surface area contributed by atoms with E-state index < -0.39 is 11.9 Å². The minimum absolute atomic E-state index is 0.307. The van der Waals surface area contributed by atoms with Crippen LogP contribution < -0.4 is 15.4 Å². The quantitative estimate of drug-likeness (QED) is 0.603. The van der Waals surface area contributed by atoms with Crippen LogP contribution in [0.3, 0.4) is 0 Å². The van der Waals surface area contributed by atoms with Gasteiger partial charge in [0.05, 0.1) is 11.3 Å². The van der Waals surface area contributed by atoms with Gasteiger partial charge >= 0.3 is 6.09 Å². The van der Waals surface area contributed by atoms with Crippen molar-refractivity contribution < 1.29 is 18.7 Å². The number of anilines is 1. The Hall–Kier alpha value is -3.13. The van der Waals surface area contributed by atoms with E-state index in [1.54, 1.807) is 19.9 Å². The summed E-state index contributed by atoms with van der Waals surface area (Å²) in [5, 5.41) is 5.48. The number of amides is 2. The Kier molecular flexibility index (Phi) is 6.56. The molecule has 1 aliphatic rings. The largest absolute Gasteiger partial charge is 0.412 e. The number of aryl methyl sites for hydroxylation is 1. The number of hydrogen-bond acceptors (Lipinski definition) is 4. The molecule has 0 aliphatic carbocycles. The first kappa shape index (κ1) is 21.6. The van der Waals surface area contributed by atoms with Crippen molar-refractivity contribution in [2.75, 3.05) is 31.5 Å². The van der Waals surface area contributed by atoms with Gasteiger partial charge in [0.1, 0.15) is 5.82 Å². The van der Waals surface area contributed by atoms with Gasteiger partial charge in [-0.2, -0.15) is 0 Å². The lowest BCUT2D eigenvalue weighted by Gasteiger charge is -2.17. The molecule has 1 aromatic carbocycles. The summed E-state index contributed by atoms with van der Waals surface area (Å²) in [7, 11) is 0. The molecule has 1 aromatic heterocycles. The van der Waals surface area contributed by atoms with Gasteiger partial charge in [-0.3, -0.25) is 4.79 Å². The number of carbonyl (C=O) groups excluding carboxylic acids is 2. The summed E-state index contributed by atoms with van der Waals surface area (Å²) >= 11 is 0. The third-order valence-electron chi connectivity index (χ3n) is 5.25. The Bertz CT molecular complexity index is 993. The van der Waals surface area contributed by atoms with Gasteiger partial charge in [0.25, 0.3) is 5.91 Å². The number of likely N-dealkylation sites (N-methyl/N-ethyl adjacent to an activating group) is 1. The van der Waals surface area contributed by atoms with Crippen LogP contribution >= 0.6 is 0 Å². The van der Waals surface area contributed by atoms with Crippen molar-refractivity contribution in [1.29, 1.82) is 0 Å². The van der Waals surface area contributed by atoms with Crippen molar-refractivity contribution in [3.63, 3.8) is 0 Å². The lowest BCUT2D eigenvalue weighted by molar-refractivity contribution is -0.110. The lowest BCUT2D eigenvalue weighted by Crippen LogP contribution is -2.36. The predicted molar refractivity (Wildman–Crippen MR) is 115 cm³/mol. The zero-order valence-corrected chi connectivity index (χ0v) is 17.7. The van der Waals surface area contributed by atoms with Gasteiger partial charge in [-0.15, -0.1) is 0 Å². The van der Waals surface area contributed by atoms with Crippen molar-refractivity contribution >= 4 is 29.3 Å². The van der Waals surface area contributed by atoms with Crippen molar-refractivity contribution in [2.24, 2.45) is 0 Å². The van der Waals surface area contributed by atoms with Crippen LogP contribution in [0.4, 0.5) is 14.9 Å². The van der Waals surface area contributed by atoms with Crippen LogP contribution in [-0.4, -0.2) is 48.1 Å². The Labute approximate surface area is 175 Å². The van der Waals surface area contributed by atoms with E-state index in [0.29, 0.717) is 46.1 Å². The van der Waals surface area contributed by atoms with Crippen molar-refractivity contribution in [3.8, 4) is 5.75 Å². The number of H-pyrrole nitrogens is 1. The first-order valence-electron chi connectivity index (χ1n) is 10.0. The molecule has 0 atom stereocenters. The molecular formula is C22H27FN4O3. The molecule has 3 N–H and O–H groups in total. The Morgan fingerprint density at radius 3 is 2.70 bits per heavy atom. The fourth-order valence-electron chi connectivity index (χ4n) is 3.49. The van der Waals surface area contributed by atoms with E-state index in [-0.39, 0.29) is 5.91 Å². The number of benzene rings is 1. The summed E-state index contributed by atoms with van der Waals surface area (Å²) < 4.78 is 19.1. The highest BCUT2D eigenvalue weighted by Gasteiger charge is 2.25. The Morgan fingerprint density at radius 2 is 2.00 bits per heavy atom. The molecule has 7 nitrogen and oxygen atoms in total. The van der Waals surface area contributed by atoms with E-state index in [1.165, 1.54) is 18.2 Å². The number of aromatic nitrogens is 1. The molecule has 2 heterocycles. The van der Waals surface area contributed by atoms with Crippen molar-refractivity contribution in [3.05, 3.63) is 46.5 Å². The van der Waals surface area contributed by atoms with Gasteiger partial charge in [-0.05, 0) is 51.2 Å². The van der Waals surface area contributed by atoms with Gasteiger partial charge in [-0.25, -0.2) is 9.18 Å². The Morgan fingerprint density at radius 1 is 1.27 bits per heavy atom. The molecule has 0 unspecified atom stereocenters. The van der Waals surface area contributed by atoms with E-state index >= 15 is 0 Å². The van der Waals surface area contributed by atoms with Gasteiger partial charge in [0.2, 0.25) is 0 Å². The highest BCUT2D eigenvalue weighted by atomic mass is 19.1. The molecular weight excluding hydrogens is 387 g/mol.